The molecule has 20 nitrogen and oxygen atoms in total. The molecule has 2 atom stereocenters. The van der Waals surface area contributed by atoms with E-state index >= 15 is 0 Å². The Hall–Kier alpha value is -7.65. The van der Waals surface area contributed by atoms with Crippen LogP contribution in [0.15, 0.2) is 159 Å². The van der Waals surface area contributed by atoms with Gasteiger partial charge < -0.3 is 34.8 Å². The maximum Gasteiger partial charge on any atom is 0.281 e. The number of hydrogen-bond acceptors (Lipinski definition) is 19. The number of rotatable bonds is 19. The van der Waals surface area contributed by atoms with Gasteiger partial charge in [-0.05, 0) is 123 Å². The van der Waals surface area contributed by atoms with Crippen LogP contribution in [0.3, 0.4) is 0 Å². The number of imidazole rings is 1. The van der Waals surface area contributed by atoms with E-state index in [4.69, 9.17) is 26.1 Å². The number of benzene rings is 4. The summed E-state index contributed by atoms with van der Waals surface area (Å²) in [7, 11) is -3.33. The fraction of sp³-hybridized carbons (Fsp3) is 0.312. The second-order valence-electron chi connectivity index (χ2n) is 22.9. The van der Waals surface area contributed by atoms with Crippen LogP contribution in [-0.2, 0) is 32.9 Å². The highest BCUT2D eigenvalue weighted by Crippen LogP contribution is 2.44. The monoisotopic (exact) mass is 1290 g/mol. The smallest absolute Gasteiger partial charge is 0.281 e. The zero-order valence-corrected chi connectivity index (χ0v) is 53.3. The number of hydrogen-bond donors (Lipinski definition) is 4. The highest BCUT2D eigenvalue weighted by atomic mass is 35.5. The lowest BCUT2D eigenvalue weighted by atomic mass is 9.78. The number of fused-ring (bicyclic) bond motifs is 7. The van der Waals surface area contributed by atoms with Crippen molar-refractivity contribution in [1.29, 1.82) is 0 Å². The molecule has 4 N–H and O–H groups in total. The summed E-state index contributed by atoms with van der Waals surface area (Å²) in [4.78, 5) is 34.4. The molecule has 0 bridgehead atoms. The van der Waals surface area contributed by atoms with Gasteiger partial charge in [-0.1, -0.05) is 89.6 Å². The second-order valence-corrected chi connectivity index (χ2v) is 28.7. The number of aromatic nitrogens is 7. The molecule has 0 amide bonds. The lowest BCUT2D eigenvalue weighted by Gasteiger charge is -2.32. The second kappa shape index (κ2) is 26.4. The Morgan fingerprint density at radius 2 is 1.12 bits per heavy atom. The highest BCUT2D eigenvalue weighted by Gasteiger charge is 2.31. The van der Waals surface area contributed by atoms with E-state index in [9.17, 15) is 16.8 Å². The molecule has 10 aromatic rings. The fourth-order valence-corrected chi connectivity index (χ4v) is 16.9. The standard InChI is InChI=1S/C33H35N7O3S2.C31H33ClN8O2S2/c1-39-16-18-40(19-17-39)15-4-14-34-33-35-22-24-21-28(26-5-2-3-6-27(26)32(24)36-33)23-7-9-25(10-8-23)38-45(41,42)31-12-11-30(44-31)29-13-20-43-37-29;1-38-13-15-39(16-14-38)12-4-11-33-30-34-20-22-19-26(24-5-2-3-6-25(24)27(22)35-30)21-7-9-23(10-8-21)37-44(41,42)29-28(32)36-31-40(29)17-18-43-31/h2-3,5-13,20,22,28,38H,4,14-19,21H2,1H3,(H,34,35,36);2-3,5-10,17-18,20,26,37H,4,11-16,19H2,1H3,(H,33,34,35). The molecule has 0 saturated carbocycles. The van der Waals surface area contributed by atoms with E-state index in [1.54, 1.807) is 41.9 Å². The Labute approximate surface area is 531 Å². The van der Waals surface area contributed by atoms with Crippen molar-refractivity contribution in [3.05, 3.63) is 184 Å². The third-order valence-electron chi connectivity index (χ3n) is 16.9. The van der Waals surface area contributed by atoms with Gasteiger partial charge in [-0.25, -0.2) is 33.3 Å². The van der Waals surface area contributed by atoms with Gasteiger partial charge in [0.25, 0.3) is 20.0 Å². The third-order valence-corrected chi connectivity index (χ3v) is 22.4. The molecular formula is C64H68ClN15O5S4. The van der Waals surface area contributed by atoms with E-state index in [1.807, 2.05) is 60.9 Å². The summed E-state index contributed by atoms with van der Waals surface area (Å²) in [6.45, 7) is 12.9. The Morgan fingerprint density at radius 1 is 0.607 bits per heavy atom. The molecule has 2 fully saturated rings. The number of halogens is 1. The summed E-state index contributed by atoms with van der Waals surface area (Å²) in [6.07, 6.45) is 10.6. The highest BCUT2D eigenvalue weighted by molar-refractivity contribution is 7.94. The van der Waals surface area contributed by atoms with E-state index in [-0.39, 0.29) is 26.2 Å². The maximum atomic E-state index is 13.2. The first kappa shape index (κ1) is 60.3. The molecule has 2 aliphatic heterocycles. The molecule has 25 heteroatoms. The zero-order valence-electron chi connectivity index (χ0n) is 49.3. The summed E-state index contributed by atoms with van der Waals surface area (Å²) in [6, 6.07) is 36.9. The largest absolute Gasteiger partial charge is 0.364 e. The van der Waals surface area contributed by atoms with Crippen molar-refractivity contribution in [2.75, 3.05) is 113 Å². The molecule has 2 unspecified atom stereocenters. The lowest BCUT2D eigenvalue weighted by Crippen LogP contribution is -2.44. The first-order valence-electron chi connectivity index (χ1n) is 29.9. The number of anilines is 4. The molecule has 0 spiro atoms. The fourth-order valence-electron chi connectivity index (χ4n) is 12.1. The molecule has 4 aliphatic rings. The zero-order chi connectivity index (χ0) is 61.1. The van der Waals surface area contributed by atoms with Crippen molar-refractivity contribution in [1.82, 2.24) is 54.1 Å². The number of thiophene rings is 1. The molecule has 8 heterocycles. The average Bonchev–Trinajstić information content (AvgIpc) is 1.77. The van der Waals surface area contributed by atoms with Gasteiger partial charge in [-0.2, -0.15) is 8.42 Å². The molecule has 2 aliphatic carbocycles. The summed E-state index contributed by atoms with van der Waals surface area (Å²) in [5, 5.41) is 12.4. The number of likely N-dealkylation sites (N-methyl/N-ethyl adjacent to an activating group) is 2. The first-order chi connectivity index (χ1) is 43.3. The van der Waals surface area contributed by atoms with Crippen LogP contribution in [0, 0.1) is 0 Å². The Bertz CT molecular complexity index is 4320. The Kier molecular flexibility index (Phi) is 17.9. The quantitative estimate of drug-likeness (QED) is 0.0553. The van der Waals surface area contributed by atoms with Gasteiger partial charge in [0.2, 0.25) is 11.9 Å². The number of sulfonamides is 2. The lowest BCUT2D eigenvalue weighted by molar-refractivity contribution is 0.154. The van der Waals surface area contributed by atoms with Crippen molar-refractivity contribution >= 4 is 82.6 Å². The third kappa shape index (κ3) is 13.6. The van der Waals surface area contributed by atoms with Gasteiger partial charge in [0.1, 0.15) is 16.2 Å². The van der Waals surface area contributed by atoms with Crippen LogP contribution < -0.4 is 20.1 Å². The van der Waals surface area contributed by atoms with Crippen molar-refractivity contribution in [3.63, 3.8) is 0 Å². The average molecular weight is 1290 g/mol. The Balaban J connectivity index is 0.000000164. The SMILES string of the molecule is CN1CCN(CCCNc2ncc3c(n2)-c2ccccc2C(c2ccc(NS(=O)(=O)c4c(Cl)nc5sccn45)cc2)C3)CC1.CN1CCN(CCCNc2ncc3c(n2)-c2ccccc2C(c2ccc(NS(=O)(=O)c4ccc(-c5ccon5)s4)cc2)C3)CC1. The van der Waals surface area contributed by atoms with Gasteiger partial charge in [-0.15, -0.1) is 22.7 Å². The van der Waals surface area contributed by atoms with E-state index in [2.05, 4.69) is 110 Å². The summed E-state index contributed by atoms with van der Waals surface area (Å²) in [5.41, 5.74) is 12.5. The topological polar surface area (TPSA) is 224 Å². The van der Waals surface area contributed by atoms with Gasteiger partial charge in [-0.3, -0.25) is 13.8 Å². The predicted molar refractivity (Wildman–Crippen MR) is 353 cm³/mol. The van der Waals surface area contributed by atoms with Crippen molar-refractivity contribution in [2.45, 2.75) is 46.8 Å². The number of nitrogens with zero attached hydrogens (tertiary/aromatic N) is 11. The maximum absolute atomic E-state index is 13.2. The van der Waals surface area contributed by atoms with Crippen molar-refractivity contribution in [3.8, 4) is 33.1 Å². The van der Waals surface area contributed by atoms with Crippen LogP contribution in [0.1, 0.15) is 58.1 Å². The van der Waals surface area contributed by atoms with E-state index < -0.39 is 20.0 Å². The molecule has 2 saturated heterocycles. The molecular weight excluding hydrogens is 1220 g/mol. The van der Waals surface area contributed by atoms with Gasteiger partial charge in [0, 0.05) is 130 Å². The minimum absolute atomic E-state index is 0.0512. The van der Waals surface area contributed by atoms with Crippen LogP contribution in [0.5, 0.6) is 0 Å². The predicted octanol–water partition coefficient (Wildman–Crippen LogP) is 10.4. The van der Waals surface area contributed by atoms with Crippen LogP contribution in [0.25, 0.3) is 38.0 Å². The number of nitrogens with one attached hydrogen (secondary N) is 4. The van der Waals surface area contributed by atoms with E-state index in [0.717, 1.165) is 165 Å². The van der Waals surface area contributed by atoms with Gasteiger partial charge >= 0.3 is 0 Å². The normalized spacial score (nSPS) is 17.2. The Morgan fingerprint density at radius 3 is 1.64 bits per heavy atom. The van der Waals surface area contributed by atoms with Crippen LogP contribution in [-0.4, -0.2) is 164 Å². The van der Waals surface area contributed by atoms with Crippen molar-refractivity contribution < 1.29 is 21.4 Å². The van der Waals surface area contributed by atoms with Crippen molar-refractivity contribution in [2.24, 2.45) is 0 Å². The molecule has 89 heavy (non-hydrogen) atoms. The van der Waals surface area contributed by atoms with Gasteiger partial charge in [0.15, 0.2) is 15.1 Å². The van der Waals surface area contributed by atoms with E-state index in [0.29, 0.717) is 33.9 Å². The molecule has 14 rings (SSSR count). The van der Waals surface area contributed by atoms with Crippen LogP contribution in [0.4, 0.5) is 23.3 Å². The summed E-state index contributed by atoms with van der Waals surface area (Å²) in [5.74, 6) is 1.51. The van der Waals surface area contributed by atoms with Crippen LogP contribution in [0.2, 0.25) is 5.15 Å². The molecule has 460 valence electrons. The van der Waals surface area contributed by atoms with E-state index in [1.165, 1.54) is 33.1 Å². The number of piperazine rings is 2. The molecule has 6 aromatic heterocycles. The first-order valence-corrected chi connectivity index (χ1v) is 34.9. The number of thiazole rings is 1. The summed E-state index contributed by atoms with van der Waals surface area (Å²) >= 11 is 8.66. The minimum Gasteiger partial charge on any atom is -0.364 e. The van der Waals surface area contributed by atoms with Crippen LogP contribution >= 0.6 is 34.3 Å². The summed E-state index contributed by atoms with van der Waals surface area (Å²) < 4.78 is 64.6. The molecule has 0 radical (unpaired) electrons. The molecule has 4 aromatic carbocycles. The van der Waals surface area contributed by atoms with Gasteiger partial charge in [0.05, 0.1) is 16.3 Å². The minimum atomic E-state index is -3.95.